The number of aliphatic carboxylic acids is 1. The third-order valence-electron chi connectivity index (χ3n) is 2.71. The highest BCUT2D eigenvalue weighted by Crippen LogP contribution is 2.14. The van der Waals surface area contributed by atoms with Gasteiger partial charge in [-0.05, 0) is 31.2 Å². The number of aromatic amines is 1. The van der Waals surface area contributed by atoms with E-state index in [0.29, 0.717) is 17.0 Å². The molecule has 8 nitrogen and oxygen atoms in total. The summed E-state index contributed by atoms with van der Waals surface area (Å²) in [6.07, 6.45) is 0. The van der Waals surface area contributed by atoms with Crippen molar-refractivity contribution in [3.63, 3.8) is 0 Å². The number of aromatic nitrogens is 4. The smallest absolute Gasteiger partial charge is 0.328 e. The van der Waals surface area contributed by atoms with Crippen molar-refractivity contribution in [2.75, 3.05) is 0 Å². The van der Waals surface area contributed by atoms with Crippen LogP contribution in [0.3, 0.4) is 0 Å². The standard InChI is InChI=1S/C12H13N5O3/c1-12(2,11(19)20)13-10(18)8-5-3-7(4-6-8)9-14-16-17-15-9/h3-6H,1-2H3,(H,13,18)(H,19,20)(H,14,15,16,17). The highest BCUT2D eigenvalue weighted by atomic mass is 16.4. The molecule has 0 radical (unpaired) electrons. The van der Waals surface area contributed by atoms with Crippen molar-refractivity contribution >= 4 is 11.9 Å². The Kier molecular flexibility index (Phi) is 3.47. The fourth-order valence-corrected chi connectivity index (χ4v) is 1.46. The van der Waals surface area contributed by atoms with Crippen LogP contribution in [0.5, 0.6) is 0 Å². The third kappa shape index (κ3) is 2.79. The number of benzene rings is 1. The minimum absolute atomic E-state index is 0.353. The zero-order valence-corrected chi connectivity index (χ0v) is 10.9. The number of carbonyl (C=O) groups excluding carboxylic acids is 1. The van der Waals surface area contributed by atoms with Gasteiger partial charge in [0.05, 0.1) is 0 Å². The molecular weight excluding hydrogens is 262 g/mol. The lowest BCUT2D eigenvalue weighted by molar-refractivity contribution is -0.143. The van der Waals surface area contributed by atoms with Gasteiger partial charge in [-0.2, -0.15) is 5.21 Å². The first-order valence-electron chi connectivity index (χ1n) is 5.80. The van der Waals surface area contributed by atoms with E-state index >= 15 is 0 Å². The van der Waals surface area contributed by atoms with Crippen molar-refractivity contribution in [1.82, 2.24) is 25.9 Å². The van der Waals surface area contributed by atoms with Crippen LogP contribution in [0.4, 0.5) is 0 Å². The summed E-state index contributed by atoms with van der Waals surface area (Å²) < 4.78 is 0. The second-order valence-corrected chi connectivity index (χ2v) is 4.70. The average molecular weight is 275 g/mol. The molecule has 0 saturated carbocycles. The lowest BCUT2D eigenvalue weighted by Crippen LogP contribution is -2.49. The number of nitrogens with one attached hydrogen (secondary N) is 2. The number of H-pyrrole nitrogens is 1. The molecule has 3 N–H and O–H groups in total. The van der Waals surface area contributed by atoms with Crippen LogP contribution in [0.15, 0.2) is 24.3 Å². The molecular formula is C12H13N5O3. The summed E-state index contributed by atoms with van der Waals surface area (Å²) >= 11 is 0. The Bertz CT molecular complexity index is 619. The lowest BCUT2D eigenvalue weighted by atomic mass is 10.0. The SMILES string of the molecule is CC(C)(NC(=O)c1ccc(-c2nn[nH]n2)cc1)C(=O)O. The van der Waals surface area contributed by atoms with Crippen molar-refractivity contribution in [3.05, 3.63) is 29.8 Å². The highest BCUT2D eigenvalue weighted by molar-refractivity contribution is 5.97. The molecule has 0 spiro atoms. The molecule has 0 aliphatic heterocycles. The number of carboxylic acids is 1. The maximum atomic E-state index is 11.9. The topological polar surface area (TPSA) is 121 Å². The Balaban J connectivity index is 2.14. The fourth-order valence-electron chi connectivity index (χ4n) is 1.46. The summed E-state index contributed by atoms with van der Waals surface area (Å²) in [5.41, 5.74) is -0.275. The minimum Gasteiger partial charge on any atom is -0.480 e. The van der Waals surface area contributed by atoms with Gasteiger partial charge < -0.3 is 10.4 Å². The minimum atomic E-state index is -1.33. The average Bonchev–Trinajstić information content (AvgIpc) is 2.92. The fraction of sp³-hybridized carbons (Fsp3) is 0.250. The molecule has 1 amide bonds. The third-order valence-corrected chi connectivity index (χ3v) is 2.71. The molecule has 1 aromatic heterocycles. The first kappa shape index (κ1) is 13.7. The first-order chi connectivity index (χ1) is 9.40. The predicted molar refractivity (Wildman–Crippen MR) is 68.8 cm³/mol. The van der Waals surface area contributed by atoms with E-state index in [1.807, 2.05) is 0 Å². The molecule has 1 aromatic carbocycles. The van der Waals surface area contributed by atoms with Crippen molar-refractivity contribution in [2.45, 2.75) is 19.4 Å². The number of amides is 1. The van der Waals surface area contributed by atoms with E-state index in [9.17, 15) is 9.59 Å². The predicted octanol–water partition coefficient (Wildman–Crippen LogP) is 0.460. The summed E-state index contributed by atoms with van der Waals surface area (Å²) in [6.45, 7) is 2.84. The molecule has 20 heavy (non-hydrogen) atoms. The number of rotatable bonds is 4. The second kappa shape index (κ2) is 5.08. The van der Waals surface area contributed by atoms with Gasteiger partial charge in [0.1, 0.15) is 5.54 Å². The van der Waals surface area contributed by atoms with Gasteiger partial charge in [0.2, 0.25) is 5.82 Å². The number of tetrazole rings is 1. The summed E-state index contributed by atoms with van der Waals surface area (Å²) in [7, 11) is 0. The maximum Gasteiger partial charge on any atom is 0.328 e. The van der Waals surface area contributed by atoms with E-state index in [-0.39, 0.29) is 0 Å². The van der Waals surface area contributed by atoms with E-state index in [1.165, 1.54) is 13.8 Å². The molecule has 0 aliphatic carbocycles. The van der Waals surface area contributed by atoms with Crippen molar-refractivity contribution in [2.24, 2.45) is 0 Å². The molecule has 0 fully saturated rings. The molecule has 0 aliphatic rings. The van der Waals surface area contributed by atoms with E-state index in [4.69, 9.17) is 5.11 Å². The van der Waals surface area contributed by atoms with Gasteiger partial charge >= 0.3 is 5.97 Å². The summed E-state index contributed by atoms with van der Waals surface area (Å²) in [5, 5.41) is 24.8. The van der Waals surface area contributed by atoms with Crippen LogP contribution in [-0.4, -0.2) is 43.1 Å². The van der Waals surface area contributed by atoms with Crippen LogP contribution >= 0.6 is 0 Å². The summed E-state index contributed by atoms with van der Waals surface area (Å²) in [4.78, 5) is 22.9. The second-order valence-electron chi connectivity index (χ2n) is 4.70. The molecule has 0 saturated heterocycles. The molecule has 8 heteroatoms. The molecule has 0 unspecified atom stereocenters. The maximum absolute atomic E-state index is 11.9. The Morgan fingerprint density at radius 1 is 1.25 bits per heavy atom. The van der Waals surface area contributed by atoms with Crippen LogP contribution in [0.25, 0.3) is 11.4 Å². The normalized spacial score (nSPS) is 11.1. The van der Waals surface area contributed by atoms with Gasteiger partial charge in [-0.15, -0.1) is 10.2 Å². The summed E-state index contributed by atoms with van der Waals surface area (Å²) in [6, 6.07) is 6.46. The van der Waals surface area contributed by atoms with Crippen LogP contribution < -0.4 is 5.32 Å². The first-order valence-corrected chi connectivity index (χ1v) is 5.80. The van der Waals surface area contributed by atoms with Crippen molar-refractivity contribution < 1.29 is 14.7 Å². The highest BCUT2D eigenvalue weighted by Gasteiger charge is 2.29. The van der Waals surface area contributed by atoms with Gasteiger partial charge in [-0.25, -0.2) is 4.79 Å². The Morgan fingerprint density at radius 2 is 1.90 bits per heavy atom. The van der Waals surface area contributed by atoms with Gasteiger partial charge in [0, 0.05) is 11.1 Å². The Hall–Kier alpha value is -2.77. The van der Waals surface area contributed by atoms with E-state index in [1.54, 1.807) is 24.3 Å². The monoisotopic (exact) mass is 275 g/mol. The van der Waals surface area contributed by atoms with E-state index in [0.717, 1.165) is 0 Å². The quantitative estimate of drug-likeness (QED) is 0.745. The molecule has 1 heterocycles. The summed E-state index contributed by atoms with van der Waals surface area (Å²) in [5.74, 6) is -1.14. The molecule has 2 rings (SSSR count). The number of carboxylic acid groups (broad SMARTS) is 1. The molecule has 104 valence electrons. The Morgan fingerprint density at radius 3 is 2.40 bits per heavy atom. The zero-order chi connectivity index (χ0) is 14.8. The number of hydrogen-bond acceptors (Lipinski definition) is 5. The lowest BCUT2D eigenvalue weighted by Gasteiger charge is -2.20. The van der Waals surface area contributed by atoms with Crippen LogP contribution in [-0.2, 0) is 4.79 Å². The van der Waals surface area contributed by atoms with Crippen LogP contribution in [0.2, 0.25) is 0 Å². The van der Waals surface area contributed by atoms with Gasteiger partial charge in [-0.3, -0.25) is 4.79 Å². The van der Waals surface area contributed by atoms with E-state index < -0.39 is 17.4 Å². The largest absolute Gasteiger partial charge is 0.480 e. The zero-order valence-electron chi connectivity index (χ0n) is 10.9. The van der Waals surface area contributed by atoms with Gasteiger partial charge in [0.15, 0.2) is 0 Å². The van der Waals surface area contributed by atoms with Crippen molar-refractivity contribution in [1.29, 1.82) is 0 Å². The molecule has 0 atom stereocenters. The van der Waals surface area contributed by atoms with Gasteiger partial charge in [-0.1, -0.05) is 12.1 Å². The molecule has 2 aromatic rings. The van der Waals surface area contributed by atoms with Gasteiger partial charge in [0.25, 0.3) is 5.91 Å². The van der Waals surface area contributed by atoms with E-state index in [2.05, 4.69) is 25.9 Å². The van der Waals surface area contributed by atoms with Crippen molar-refractivity contribution in [3.8, 4) is 11.4 Å². The van der Waals surface area contributed by atoms with Crippen LogP contribution in [0.1, 0.15) is 24.2 Å². The van der Waals surface area contributed by atoms with Crippen LogP contribution in [0, 0.1) is 0 Å². The molecule has 0 bridgehead atoms. The Labute approximate surface area is 114 Å². The number of hydrogen-bond donors (Lipinski definition) is 3. The number of carbonyl (C=O) groups is 2. The number of nitrogens with zero attached hydrogens (tertiary/aromatic N) is 3.